The first-order valence-electron chi connectivity index (χ1n) is 14.7. The van der Waals surface area contributed by atoms with Crippen molar-refractivity contribution in [3.63, 3.8) is 0 Å². The van der Waals surface area contributed by atoms with Gasteiger partial charge in [-0.25, -0.2) is 24.5 Å². The van der Waals surface area contributed by atoms with E-state index in [4.69, 9.17) is 23.7 Å². The summed E-state index contributed by atoms with van der Waals surface area (Å²) < 4.78 is 27.9. The molecule has 0 saturated heterocycles. The molecule has 0 unspecified atom stereocenters. The number of aromatic nitrogens is 4. The Hall–Kier alpha value is -4.87. The lowest BCUT2D eigenvalue weighted by atomic mass is 10.2. The molecule has 3 N–H and O–H groups in total. The number of benzene rings is 1. The summed E-state index contributed by atoms with van der Waals surface area (Å²) in [5, 5.41) is 14.8. The second-order valence-corrected chi connectivity index (χ2v) is 11.1. The standard InChI is InChI=1S/C30H41N7O10/c1-30(2,3)47-29(42)34-22(18-45-13-12-44-11-10-43-4)14-36(16-24(39)40)23(38)15-37-20-33-25-26(31-19-32-27(25)37)35-28(41)46-17-21-8-6-5-7-9-21/h5-9,19-20,22H,10-18H2,1-4H3,(H,34,42)(H,39,40)(H,31,32,35,41)/t22-/m1/s1. The second kappa shape index (κ2) is 18.3. The van der Waals surface area contributed by atoms with Gasteiger partial charge in [0, 0.05) is 13.7 Å². The van der Waals surface area contributed by atoms with E-state index in [-0.39, 0.29) is 56.5 Å². The van der Waals surface area contributed by atoms with E-state index in [1.54, 1.807) is 27.9 Å². The van der Waals surface area contributed by atoms with E-state index < -0.39 is 42.3 Å². The molecule has 0 spiro atoms. The van der Waals surface area contributed by atoms with Crippen LogP contribution < -0.4 is 10.6 Å². The molecular weight excluding hydrogens is 618 g/mol. The van der Waals surface area contributed by atoms with Crippen LogP contribution >= 0.6 is 0 Å². The van der Waals surface area contributed by atoms with Crippen LogP contribution in [0.4, 0.5) is 15.4 Å². The fourth-order valence-corrected chi connectivity index (χ4v) is 4.08. The van der Waals surface area contributed by atoms with Crippen molar-refractivity contribution in [3.05, 3.63) is 48.5 Å². The van der Waals surface area contributed by atoms with Crippen molar-refractivity contribution >= 4 is 41.0 Å². The number of nitrogens with one attached hydrogen (secondary N) is 2. The molecule has 17 nitrogen and oxygen atoms in total. The number of carbonyl (C=O) groups excluding carboxylic acids is 3. The van der Waals surface area contributed by atoms with E-state index in [2.05, 4.69) is 25.6 Å². The molecule has 3 aromatic rings. The summed E-state index contributed by atoms with van der Waals surface area (Å²) in [6.07, 6.45) is 0.980. The number of alkyl carbamates (subject to hydrolysis) is 1. The number of carboxylic acids is 1. The lowest BCUT2D eigenvalue weighted by Crippen LogP contribution is -2.51. The van der Waals surface area contributed by atoms with Crippen LogP contribution in [0, 0.1) is 0 Å². The molecule has 256 valence electrons. The normalized spacial score (nSPS) is 11.9. The summed E-state index contributed by atoms with van der Waals surface area (Å²) in [5.74, 6) is -1.81. The monoisotopic (exact) mass is 659 g/mol. The fraction of sp³-hybridized carbons (Fsp3) is 0.500. The minimum atomic E-state index is -1.26. The van der Waals surface area contributed by atoms with Crippen molar-refractivity contribution in [1.29, 1.82) is 0 Å². The van der Waals surface area contributed by atoms with Crippen LogP contribution in [0.1, 0.15) is 26.3 Å². The van der Waals surface area contributed by atoms with Crippen molar-refractivity contribution < 1.29 is 48.0 Å². The zero-order chi connectivity index (χ0) is 34.2. The summed E-state index contributed by atoms with van der Waals surface area (Å²) in [6, 6.07) is 8.29. The number of carbonyl (C=O) groups is 4. The van der Waals surface area contributed by atoms with Gasteiger partial charge in [0.05, 0.1) is 45.4 Å². The van der Waals surface area contributed by atoms with E-state index in [9.17, 15) is 24.3 Å². The summed E-state index contributed by atoms with van der Waals surface area (Å²) in [5.41, 5.74) is 0.401. The zero-order valence-electron chi connectivity index (χ0n) is 26.8. The number of fused-ring (bicyclic) bond motifs is 1. The number of imidazole rings is 1. The molecule has 0 fully saturated rings. The minimum absolute atomic E-state index is 0.0419. The number of anilines is 1. The number of carboxylic acid groups (broad SMARTS) is 1. The molecule has 0 aliphatic heterocycles. The second-order valence-electron chi connectivity index (χ2n) is 11.1. The van der Waals surface area contributed by atoms with Crippen molar-refractivity contribution in [3.8, 4) is 0 Å². The summed E-state index contributed by atoms with van der Waals surface area (Å²) >= 11 is 0. The SMILES string of the molecule is COCCOCCOC[C@@H](CN(CC(=O)O)C(=O)Cn1cnc2c(NC(=O)OCc3ccccc3)ncnc21)NC(=O)OC(C)(C)C. The van der Waals surface area contributed by atoms with Gasteiger partial charge in [-0.3, -0.25) is 14.9 Å². The van der Waals surface area contributed by atoms with Crippen molar-refractivity contribution in [2.75, 3.05) is 58.6 Å². The van der Waals surface area contributed by atoms with E-state index in [1.165, 1.54) is 17.2 Å². The topological polar surface area (TPSA) is 206 Å². The van der Waals surface area contributed by atoms with Crippen LogP contribution in [0.25, 0.3) is 11.2 Å². The maximum atomic E-state index is 13.5. The van der Waals surface area contributed by atoms with Crippen LogP contribution in [0.2, 0.25) is 0 Å². The van der Waals surface area contributed by atoms with Gasteiger partial charge in [-0.1, -0.05) is 30.3 Å². The van der Waals surface area contributed by atoms with Crippen molar-refractivity contribution in [1.82, 2.24) is 29.7 Å². The van der Waals surface area contributed by atoms with Gasteiger partial charge in [0.1, 0.15) is 31.6 Å². The Bertz CT molecular complexity index is 1460. The molecular formula is C30H41N7O10. The molecule has 1 aromatic carbocycles. The van der Waals surface area contributed by atoms with Gasteiger partial charge in [-0.15, -0.1) is 0 Å². The molecule has 2 aromatic heterocycles. The van der Waals surface area contributed by atoms with E-state index >= 15 is 0 Å². The number of hydrogen-bond acceptors (Lipinski definition) is 12. The third-order valence-corrected chi connectivity index (χ3v) is 6.10. The molecule has 0 bridgehead atoms. The van der Waals surface area contributed by atoms with Gasteiger partial charge in [0.15, 0.2) is 17.0 Å². The van der Waals surface area contributed by atoms with Crippen LogP contribution in [0.3, 0.4) is 0 Å². The highest BCUT2D eigenvalue weighted by Crippen LogP contribution is 2.18. The first kappa shape index (κ1) is 36.6. The number of hydrogen-bond donors (Lipinski definition) is 3. The maximum absolute atomic E-state index is 13.5. The number of methoxy groups -OCH3 is 1. The van der Waals surface area contributed by atoms with E-state index in [0.29, 0.717) is 13.2 Å². The van der Waals surface area contributed by atoms with Crippen LogP contribution in [0.15, 0.2) is 43.0 Å². The third kappa shape index (κ3) is 13.2. The highest BCUT2D eigenvalue weighted by atomic mass is 16.6. The summed E-state index contributed by atoms with van der Waals surface area (Å²) in [7, 11) is 1.56. The highest BCUT2D eigenvalue weighted by Gasteiger charge is 2.26. The number of nitrogens with zero attached hydrogens (tertiary/aromatic N) is 5. The first-order chi connectivity index (χ1) is 22.4. The van der Waals surface area contributed by atoms with Crippen LogP contribution in [0.5, 0.6) is 0 Å². The predicted octanol–water partition coefficient (Wildman–Crippen LogP) is 2.06. The van der Waals surface area contributed by atoms with Gasteiger partial charge in [0.25, 0.3) is 0 Å². The molecule has 0 saturated carbocycles. The molecule has 2 heterocycles. The summed E-state index contributed by atoms with van der Waals surface area (Å²) in [6.45, 7) is 5.09. The van der Waals surface area contributed by atoms with E-state index in [0.717, 1.165) is 10.5 Å². The van der Waals surface area contributed by atoms with Gasteiger partial charge >= 0.3 is 18.2 Å². The van der Waals surface area contributed by atoms with Gasteiger partial charge in [-0.2, -0.15) is 0 Å². The van der Waals surface area contributed by atoms with Crippen LogP contribution in [-0.4, -0.2) is 118 Å². The Morgan fingerprint density at radius 1 is 0.979 bits per heavy atom. The molecule has 3 amide bonds. The highest BCUT2D eigenvalue weighted by molar-refractivity contribution is 5.93. The van der Waals surface area contributed by atoms with Crippen LogP contribution in [-0.2, 0) is 46.4 Å². The number of aliphatic carboxylic acids is 1. The smallest absolute Gasteiger partial charge is 0.413 e. The first-order valence-corrected chi connectivity index (χ1v) is 14.7. The fourth-order valence-electron chi connectivity index (χ4n) is 4.08. The predicted molar refractivity (Wildman–Crippen MR) is 166 cm³/mol. The van der Waals surface area contributed by atoms with Gasteiger partial charge in [-0.05, 0) is 26.3 Å². The molecule has 3 rings (SSSR count). The lowest BCUT2D eigenvalue weighted by molar-refractivity contribution is -0.145. The zero-order valence-corrected chi connectivity index (χ0v) is 26.8. The molecule has 17 heteroatoms. The quantitative estimate of drug-likeness (QED) is 0.167. The Labute approximate surface area is 271 Å². The number of rotatable bonds is 18. The third-order valence-electron chi connectivity index (χ3n) is 6.10. The van der Waals surface area contributed by atoms with Crippen molar-refractivity contribution in [2.45, 2.75) is 45.6 Å². The Balaban J connectivity index is 1.69. The van der Waals surface area contributed by atoms with E-state index in [1.807, 2.05) is 30.3 Å². The molecule has 0 radical (unpaired) electrons. The van der Waals surface area contributed by atoms with Crippen molar-refractivity contribution in [2.24, 2.45) is 0 Å². The number of ether oxygens (including phenoxy) is 5. The molecule has 0 aliphatic carbocycles. The minimum Gasteiger partial charge on any atom is -0.480 e. The van der Waals surface area contributed by atoms with Gasteiger partial charge < -0.3 is 43.6 Å². The Kier molecular flexibility index (Phi) is 14.3. The average molecular weight is 660 g/mol. The molecule has 1 atom stereocenters. The maximum Gasteiger partial charge on any atom is 0.413 e. The Morgan fingerprint density at radius 3 is 2.40 bits per heavy atom. The Morgan fingerprint density at radius 2 is 1.70 bits per heavy atom. The summed E-state index contributed by atoms with van der Waals surface area (Å²) in [4.78, 5) is 63.7. The largest absolute Gasteiger partial charge is 0.480 e. The lowest BCUT2D eigenvalue weighted by Gasteiger charge is -2.28. The average Bonchev–Trinajstić information content (AvgIpc) is 3.42. The molecule has 47 heavy (non-hydrogen) atoms. The van der Waals surface area contributed by atoms with Gasteiger partial charge in [0.2, 0.25) is 5.91 Å². The number of amides is 3. The molecule has 0 aliphatic rings.